The normalized spacial score (nSPS) is 11.3. The minimum absolute atomic E-state index is 0.0580. The van der Waals surface area contributed by atoms with Crippen LogP contribution in [0.25, 0.3) is 0 Å². The summed E-state index contributed by atoms with van der Waals surface area (Å²) in [5.74, 6) is -1.69. The highest BCUT2D eigenvalue weighted by Crippen LogP contribution is 2.28. The van der Waals surface area contributed by atoms with E-state index in [0.29, 0.717) is 5.56 Å². The zero-order chi connectivity index (χ0) is 17.4. The molecular weight excluding hydrogens is 327 g/mol. The molecule has 2 rings (SSSR count). The summed E-state index contributed by atoms with van der Waals surface area (Å²) >= 11 is 0. The van der Waals surface area contributed by atoms with Gasteiger partial charge in [-0.15, -0.1) is 0 Å². The maximum absolute atomic E-state index is 14.1. The van der Waals surface area contributed by atoms with Crippen molar-refractivity contribution in [3.05, 3.63) is 40.5 Å². The Morgan fingerprint density at radius 2 is 1.96 bits per heavy atom. The zero-order valence-electron chi connectivity index (χ0n) is 12.9. The van der Waals surface area contributed by atoms with Crippen LogP contribution in [0.5, 0.6) is 0 Å². The number of nitrogens with zero attached hydrogens (tertiary/aromatic N) is 1. The fraction of sp³-hybridized carbons (Fsp3) is 0.286. The van der Waals surface area contributed by atoms with Gasteiger partial charge in [0.2, 0.25) is 0 Å². The van der Waals surface area contributed by atoms with Crippen molar-refractivity contribution in [1.82, 2.24) is 5.16 Å². The number of ether oxygens (including phenoxy) is 1. The third-order valence-electron chi connectivity index (χ3n) is 3.23. The Hall–Kier alpha value is -2.42. The number of benzene rings is 1. The predicted molar refractivity (Wildman–Crippen MR) is 79.3 cm³/mol. The predicted octanol–water partition coefficient (Wildman–Crippen LogP) is 2.33. The van der Waals surface area contributed by atoms with Crippen molar-refractivity contribution in [2.24, 2.45) is 0 Å². The van der Waals surface area contributed by atoms with Crippen molar-refractivity contribution in [3.8, 4) is 0 Å². The number of hydrogen-bond acceptors (Lipinski definition) is 6. The monoisotopic (exact) mass is 342 g/mol. The summed E-state index contributed by atoms with van der Waals surface area (Å²) < 4.78 is 50.6. The molecule has 0 fully saturated rings. The maximum Gasteiger partial charge on any atom is 0.340 e. The number of esters is 1. The van der Waals surface area contributed by atoms with Crippen molar-refractivity contribution in [2.45, 2.75) is 25.7 Å². The Morgan fingerprint density at radius 3 is 2.48 bits per heavy atom. The first-order valence-electron chi connectivity index (χ1n) is 6.52. The van der Waals surface area contributed by atoms with Crippen molar-refractivity contribution >= 4 is 21.7 Å². The fourth-order valence-electron chi connectivity index (χ4n) is 2.19. The number of aryl methyl sites for hydroxylation is 3. The van der Waals surface area contributed by atoms with Crippen LogP contribution in [0.3, 0.4) is 0 Å². The molecule has 2 aromatic rings. The molecule has 0 amide bonds. The molecule has 9 heteroatoms. The van der Waals surface area contributed by atoms with E-state index in [-0.39, 0.29) is 21.9 Å². The van der Waals surface area contributed by atoms with E-state index in [0.717, 1.165) is 13.2 Å². The number of aromatic nitrogens is 1. The number of carbonyl (C=O) groups excluding carboxylic acids is 1. The minimum Gasteiger partial charge on any atom is -0.465 e. The minimum atomic E-state index is -4.19. The summed E-state index contributed by atoms with van der Waals surface area (Å²) in [6.45, 7) is 4.40. The number of methoxy groups -OCH3 is 1. The van der Waals surface area contributed by atoms with E-state index in [1.807, 2.05) is 0 Å². The molecule has 0 unspecified atom stereocenters. The average molecular weight is 342 g/mol. The molecule has 0 aliphatic carbocycles. The second-order valence-corrected chi connectivity index (χ2v) is 6.48. The molecule has 0 spiro atoms. The van der Waals surface area contributed by atoms with Crippen LogP contribution in [0.1, 0.15) is 27.4 Å². The molecule has 124 valence electrons. The summed E-state index contributed by atoms with van der Waals surface area (Å²) in [6, 6.07) is 2.42. The van der Waals surface area contributed by atoms with Gasteiger partial charge in [0.25, 0.3) is 10.0 Å². The Kier molecular flexibility index (Phi) is 4.42. The van der Waals surface area contributed by atoms with Gasteiger partial charge in [0.1, 0.15) is 11.5 Å². The first-order chi connectivity index (χ1) is 10.7. The Bertz CT molecular complexity index is 854. The van der Waals surface area contributed by atoms with E-state index in [1.54, 1.807) is 6.92 Å². The maximum atomic E-state index is 14.1. The van der Waals surface area contributed by atoms with Crippen LogP contribution in [0, 0.1) is 26.6 Å². The van der Waals surface area contributed by atoms with Crippen LogP contribution < -0.4 is 4.72 Å². The molecule has 1 aromatic carbocycles. The van der Waals surface area contributed by atoms with Gasteiger partial charge in [0, 0.05) is 0 Å². The van der Waals surface area contributed by atoms with Gasteiger partial charge in [-0.2, -0.15) is 0 Å². The van der Waals surface area contributed by atoms with E-state index in [4.69, 9.17) is 4.52 Å². The van der Waals surface area contributed by atoms with E-state index in [1.165, 1.54) is 19.9 Å². The van der Waals surface area contributed by atoms with Gasteiger partial charge >= 0.3 is 5.97 Å². The number of rotatable bonds is 4. The van der Waals surface area contributed by atoms with Crippen molar-refractivity contribution < 1.29 is 26.9 Å². The molecule has 0 bridgehead atoms. The fourth-order valence-corrected chi connectivity index (χ4v) is 3.60. The van der Waals surface area contributed by atoms with Crippen LogP contribution in [0.15, 0.2) is 21.6 Å². The second-order valence-electron chi connectivity index (χ2n) is 4.86. The highest BCUT2D eigenvalue weighted by atomic mass is 32.2. The number of anilines is 1. The SMILES string of the molecule is COC(=O)c1c(C)ccc(F)c1NS(=O)(=O)c1c(C)noc1C. The van der Waals surface area contributed by atoms with Gasteiger partial charge in [0.15, 0.2) is 10.7 Å². The van der Waals surface area contributed by atoms with Crippen LogP contribution in [-0.2, 0) is 14.8 Å². The van der Waals surface area contributed by atoms with Crippen molar-refractivity contribution in [3.63, 3.8) is 0 Å². The Labute approximate surface area is 132 Å². The number of sulfonamides is 1. The van der Waals surface area contributed by atoms with Crippen LogP contribution in [0.2, 0.25) is 0 Å². The quantitative estimate of drug-likeness (QED) is 0.856. The number of nitrogens with one attached hydrogen (secondary N) is 1. The third-order valence-corrected chi connectivity index (χ3v) is 4.82. The molecule has 7 nitrogen and oxygen atoms in total. The summed E-state index contributed by atoms with van der Waals surface area (Å²) in [4.78, 5) is 11.7. The number of halogens is 1. The van der Waals surface area contributed by atoms with Crippen LogP contribution in [0.4, 0.5) is 10.1 Å². The molecule has 0 aliphatic rings. The standard InChI is InChI=1S/C14H15FN2O5S/c1-7-5-6-10(15)12(11(7)14(18)21-4)17-23(19,20)13-8(2)16-22-9(13)3/h5-6,17H,1-4H3. The van der Waals surface area contributed by atoms with Crippen LogP contribution in [-0.4, -0.2) is 26.7 Å². The summed E-state index contributed by atoms with van der Waals surface area (Å²) in [7, 11) is -3.06. The average Bonchev–Trinajstić information content (AvgIpc) is 2.82. The van der Waals surface area contributed by atoms with Gasteiger partial charge in [-0.3, -0.25) is 4.72 Å². The summed E-state index contributed by atoms with van der Waals surface area (Å²) in [5.41, 5.74) is -0.169. The molecule has 0 aliphatic heterocycles. The van der Waals surface area contributed by atoms with Crippen LogP contribution >= 0.6 is 0 Å². The second kappa shape index (κ2) is 5.99. The highest BCUT2D eigenvalue weighted by Gasteiger charge is 2.28. The van der Waals surface area contributed by atoms with E-state index >= 15 is 0 Å². The lowest BCUT2D eigenvalue weighted by molar-refractivity contribution is 0.0600. The largest absolute Gasteiger partial charge is 0.465 e. The van der Waals surface area contributed by atoms with E-state index < -0.39 is 27.5 Å². The number of carbonyl (C=O) groups is 1. The smallest absolute Gasteiger partial charge is 0.340 e. The Balaban J connectivity index is 2.61. The molecule has 0 radical (unpaired) electrons. The van der Waals surface area contributed by atoms with Gasteiger partial charge in [-0.1, -0.05) is 11.2 Å². The van der Waals surface area contributed by atoms with Gasteiger partial charge < -0.3 is 9.26 Å². The molecule has 1 N–H and O–H groups in total. The lowest BCUT2D eigenvalue weighted by Gasteiger charge is -2.14. The van der Waals surface area contributed by atoms with Crippen molar-refractivity contribution in [1.29, 1.82) is 0 Å². The lowest BCUT2D eigenvalue weighted by atomic mass is 10.1. The van der Waals surface area contributed by atoms with Gasteiger partial charge in [-0.05, 0) is 32.4 Å². The molecule has 23 heavy (non-hydrogen) atoms. The third kappa shape index (κ3) is 3.04. The first-order valence-corrected chi connectivity index (χ1v) is 8.00. The van der Waals surface area contributed by atoms with Crippen molar-refractivity contribution in [2.75, 3.05) is 11.8 Å². The number of hydrogen-bond donors (Lipinski definition) is 1. The molecule has 1 heterocycles. The first kappa shape index (κ1) is 16.9. The highest BCUT2D eigenvalue weighted by molar-refractivity contribution is 7.92. The lowest BCUT2D eigenvalue weighted by Crippen LogP contribution is -2.19. The molecular formula is C14H15FN2O5S. The van der Waals surface area contributed by atoms with E-state index in [2.05, 4.69) is 14.6 Å². The summed E-state index contributed by atoms with van der Waals surface area (Å²) in [6.07, 6.45) is 0. The molecule has 0 saturated carbocycles. The molecule has 1 aromatic heterocycles. The molecule has 0 saturated heterocycles. The topological polar surface area (TPSA) is 98.5 Å². The van der Waals surface area contributed by atoms with Gasteiger partial charge in [-0.25, -0.2) is 17.6 Å². The Morgan fingerprint density at radius 1 is 1.30 bits per heavy atom. The zero-order valence-corrected chi connectivity index (χ0v) is 13.7. The summed E-state index contributed by atoms with van der Waals surface area (Å²) in [5, 5.41) is 3.56. The molecule has 0 atom stereocenters. The van der Waals surface area contributed by atoms with E-state index in [9.17, 15) is 17.6 Å². The van der Waals surface area contributed by atoms with Gasteiger partial charge in [0.05, 0.1) is 18.4 Å².